The van der Waals surface area contributed by atoms with Crippen molar-refractivity contribution >= 4 is 68.2 Å². The summed E-state index contributed by atoms with van der Waals surface area (Å²) in [5.41, 5.74) is 2.98. The second-order valence-corrected chi connectivity index (χ2v) is 9.81. The minimum absolute atomic E-state index is 0.0153. The van der Waals surface area contributed by atoms with Crippen LogP contribution in [-0.4, -0.2) is 53.8 Å². The van der Waals surface area contributed by atoms with E-state index in [9.17, 15) is 24.0 Å². The smallest absolute Gasteiger partial charge is 0.340 e. The Kier molecular flexibility index (Phi) is 9.45. The van der Waals surface area contributed by atoms with Crippen molar-refractivity contribution in [3.63, 3.8) is 0 Å². The average Bonchev–Trinajstić information content (AvgIpc) is 2.83. The number of hydrogen-bond acceptors (Lipinski definition) is 9. The number of carbonyl (C=O) groups excluding carboxylic acids is 5. The summed E-state index contributed by atoms with van der Waals surface area (Å²) in [5.74, 6) is -3.13. The number of nitrogens with zero attached hydrogens (tertiary/aromatic N) is 1. The Hall–Kier alpha value is -4.06. The Labute approximate surface area is 215 Å². The number of nitrogens with one attached hydrogen (secondary N) is 3. The van der Waals surface area contributed by atoms with Crippen LogP contribution in [0.2, 0.25) is 0 Å². The molecular formula is C24H25BrN4O7. The van der Waals surface area contributed by atoms with Crippen LogP contribution in [0.5, 0.6) is 0 Å². The molecule has 0 unspecified atom stereocenters. The number of hydrogen-bond donors (Lipinski definition) is 3. The molecular weight excluding hydrogens is 536 g/mol. The second kappa shape index (κ2) is 12.1. The van der Waals surface area contributed by atoms with Gasteiger partial charge in [-0.25, -0.2) is 9.59 Å². The van der Waals surface area contributed by atoms with Crippen molar-refractivity contribution in [3.8, 4) is 0 Å². The van der Waals surface area contributed by atoms with Gasteiger partial charge in [0.25, 0.3) is 5.91 Å². The van der Waals surface area contributed by atoms with Crippen LogP contribution >= 0.6 is 15.9 Å². The van der Waals surface area contributed by atoms with E-state index >= 15 is 0 Å². The van der Waals surface area contributed by atoms with Crippen molar-refractivity contribution in [2.24, 2.45) is 5.10 Å². The van der Waals surface area contributed by atoms with Gasteiger partial charge in [0.15, 0.2) is 11.5 Å². The molecule has 0 aliphatic carbocycles. The number of hydrazone groups is 1. The Morgan fingerprint density at radius 3 is 1.92 bits per heavy atom. The molecule has 0 saturated heterocycles. The first kappa shape index (κ1) is 28.2. The average molecular weight is 561 g/mol. The van der Waals surface area contributed by atoms with Crippen LogP contribution < -0.4 is 16.1 Å². The molecule has 3 N–H and O–H groups in total. The number of ether oxygens (including phenoxy) is 2. The number of ketones is 1. The zero-order valence-corrected chi connectivity index (χ0v) is 21.8. The number of amides is 2. The van der Waals surface area contributed by atoms with Gasteiger partial charge < -0.3 is 20.1 Å². The Balaban J connectivity index is 2.25. The summed E-state index contributed by atoms with van der Waals surface area (Å²) in [7, 11) is 2.37. The lowest BCUT2D eigenvalue weighted by molar-refractivity contribution is -0.117. The third kappa shape index (κ3) is 7.47. The molecule has 2 aromatic carbocycles. The fraction of sp³-hybridized carbons (Fsp3) is 0.250. The van der Waals surface area contributed by atoms with Gasteiger partial charge in [-0.15, -0.1) is 0 Å². The largest absolute Gasteiger partial charge is 0.465 e. The maximum absolute atomic E-state index is 12.7. The molecule has 0 spiro atoms. The van der Waals surface area contributed by atoms with E-state index in [0.29, 0.717) is 11.4 Å². The Morgan fingerprint density at radius 1 is 0.861 bits per heavy atom. The lowest BCUT2D eigenvalue weighted by atomic mass is 10.1. The number of anilines is 3. The molecule has 0 aliphatic rings. The quantitative estimate of drug-likeness (QED) is 0.139. The maximum atomic E-state index is 12.7. The molecule has 0 aromatic heterocycles. The van der Waals surface area contributed by atoms with E-state index < -0.39 is 33.7 Å². The van der Waals surface area contributed by atoms with Gasteiger partial charge in [-0.2, -0.15) is 5.10 Å². The van der Waals surface area contributed by atoms with E-state index in [1.807, 2.05) is 0 Å². The first-order valence-electron chi connectivity index (χ1n) is 10.4. The minimum atomic E-state index is -0.822. The van der Waals surface area contributed by atoms with E-state index in [1.54, 1.807) is 26.0 Å². The number of esters is 2. The van der Waals surface area contributed by atoms with Crippen LogP contribution in [-0.2, 0) is 23.9 Å². The fourth-order valence-electron chi connectivity index (χ4n) is 2.68. The van der Waals surface area contributed by atoms with Gasteiger partial charge in [0, 0.05) is 18.3 Å². The van der Waals surface area contributed by atoms with Crippen molar-refractivity contribution in [3.05, 3.63) is 53.6 Å². The predicted molar refractivity (Wildman–Crippen MR) is 138 cm³/mol. The van der Waals surface area contributed by atoms with Crippen LogP contribution in [0, 0.1) is 0 Å². The van der Waals surface area contributed by atoms with Gasteiger partial charge in [-0.3, -0.25) is 19.8 Å². The first-order chi connectivity index (χ1) is 16.9. The van der Waals surface area contributed by atoms with Crippen LogP contribution in [0.1, 0.15) is 41.5 Å². The summed E-state index contributed by atoms with van der Waals surface area (Å²) in [5, 5.41) is 9.12. The molecule has 2 rings (SSSR count). The number of alkyl halides is 1. The van der Waals surface area contributed by atoms with E-state index in [4.69, 9.17) is 4.74 Å². The van der Waals surface area contributed by atoms with Crippen LogP contribution in [0.3, 0.4) is 0 Å². The fourth-order valence-corrected chi connectivity index (χ4v) is 2.78. The van der Waals surface area contributed by atoms with Crippen molar-refractivity contribution < 1.29 is 33.4 Å². The van der Waals surface area contributed by atoms with Crippen LogP contribution in [0.15, 0.2) is 47.6 Å². The molecule has 11 nitrogen and oxygen atoms in total. The molecule has 0 fully saturated rings. The van der Waals surface area contributed by atoms with E-state index in [-0.39, 0.29) is 22.7 Å². The van der Waals surface area contributed by atoms with Gasteiger partial charge in [-0.1, -0.05) is 15.9 Å². The minimum Gasteiger partial charge on any atom is -0.465 e. The van der Waals surface area contributed by atoms with Gasteiger partial charge in [0.1, 0.15) is 0 Å². The molecule has 0 saturated carbocycles. The predicted octanol–water partition coefficient (Wildman–Crippen LogP) is 3.37. The number of benzene rings is 2. The highest BCUT2D eigenvalue weighted by Crippen LogP contribution is 2.21. The topological polar surface area (TPSA) is 152 Å². The van der Waals surface area contributed by atoms with Crippen molar-refractivity contribution in [2.45, 2.75) is 25.1 Å². The zero-order valence-electron chi connectivity index (χ0n) is 20.2. The summed E-state index contributed by atoms with van der Waals surface area (Å²) < 4.78 is 8.63. The molecule has 2 amide bonds. The van der Waals surface area contributed by atoms with Gasteiger partial charge in [0.05, 0.1) is 35.4 Å². The lowest BCUT2D eigenvalue weighted by Gasteiger charge is -2.16. The van der Waals surface area contributed by atoms with E-state index in [0.717, 1.165) is 6.92 Å². The Morgan fingerprint density at radius 2 is 1.42 bits per heavy atom. The van der Waals surface area contributed by atoms with E-state index in [2.05, 4.69) is 41.8 Å². The molecule has 0 bridgehead atoms. The monoisotopic (exact) mass is 560 g/mol. The molecule has 0 aliphatic heterocycles. The molecule has 36 heavy (non-hydrogen) atoms. The highest BCUT2D eigenvalue weighted by Gasteiger charge is 2.24. The van der Waals surface area contributed by atoms with Gasteiger partial charge in [0.2, 0.25) is 5.91 Å². The number of carbonyl (C=O) groups is 5. The van der Waals surface area contributed by atoms with Crippen molar-refractivity contribution in [1.29, 1.82) is 0 Å². The molecule has 12 heteroatoms. The SMILES string of the molecule is COC(=O)c1ccc(C(=O)OC)c(N/N=C(/C(C)=O)C(=O)Nc2ccc(NC(=O)C(C)(C)Br)cc2)c1. The lowest BCUT2D eigenvalue weighted by Crippen LogP contribution is -2.31. The van der Waals surface area contributed by atoms with Gasteiger partial charge >= 0.3 is 11.9 Å². The number of Topliss-reactive ketones (excluding diaryl/α,β-unsaturated/α-hetero) is 1. The summed E-state index contributed by atoms with van der Waals surface area (Å²) in [6, 6.07) is 10.2. The zero-order chi connectivity index (χ0) is 27.0. The number of halogens is 1. The highest BCUT2D eigenvalue weighted by atomic mass is 79.9. The highest BCUT2D eigenvalue weighted by molar-refractivity contribution is 9.10. The third-order valence-electron chi connectivity index (χ3n) is 4.62. The van der Waals surface area contributed by atoms with Crippen LogP contribution in [0.25, 0.3) is 0 Å². The third-order valence-corrected chi connectivity index (χ3v) is 4.98. The number of methoxy groups -OCH3 is 2. The molecule has 0 atom stereocenters. The maximum Gasteiger partial charge on any atom is 0.340 e. The van der Waals surface area contributed by atoms with Crippen LogP contribution in [0.4, 0.5) is 17.1 Å². The van der Waals surface area contributed by atoms with Gasteiger partial charge in [-0.05, 0) is 56.3 Å². The van der Waals surface area contributed by atoms with Crippen molar-refractivity contribution in [1.82, 2.24) is 0 Å². The van der Waals surface area contributed by atoms with E-state index in [1.165, 1.54) is 44.6 Å². The standard InChI is InChI=1S/C24H25BrN4O7/c1-13(30)19(20(31)26-15-7-9-16(10-8-15)27-23(34)24(2,3)25)29-28-18-12-14(21(32)35-4)6-11-17(18)22(33)36-5/h6-12,28H,1-5H3,(H,26,31)(H,27,34)/b29-19-. The summed E-state index contributed by atoms with van der Waals surface area (Å²) in [4.78, 5) is 60.8. The first-order valence-corrected chi connectivity index (χ1v) is 11.2. The summed E-state index contributed by atoms with van der Waals surface area (Å²) in [6.07, 6.45) is 0. The second-order valence-electron chi connectivity index (χ2n) is 7.83. The Bertz CT molecular complexity index is 1220. The molecule has 2 aromatic rings. The van der Waals surface area contributed by atoms with Crippen molar-refractivity contribution in [2.75, 3.05) is 30.3 Å². The summed E-state index contributed by atoms with van der Waals surface area (Å²) in [6.45, 7) is 4.55. The number of rotatable bonds is 9. The molecule has 0 heterocycles. The molecule has 0 radical (unpaired) electrons. The molecule has 190 valence electrons. The summed E-state index contributed by atoms with van der Waals surface area (Å²) >= 11 is 3.27. The normalized spacial score (nSPS) is 11.2.